The second kappa shape index (κ2) is 5.56. The van der Waals surface area contributed by atoms with E-state index in [-0.39, 0.29) is 5.82 Å². The summed E-state index contributed by atoms with van der Waals surface area (Å²) < 4.78 is 13.0. The van der Waals surface area contributed by atoms with Crippen molar-refractivity contribution in [3.05, 3.63) is 78.2 Å². The summed E-state index contributed by atoms with van der Waals surface area (Å²) in [6, 6.07) is 19.6. The Hall–Kier alpha value is -2.99. The summed E-state index contributed by atoms with van der Waals surface area (Å²) in [4.78, 5) is 4.30. The maximum absolute atomic E-state index is 13.0. The molecular formula is C18H11FN2. The van der Waals surface area contributed by atoms with Gasteiger partial charge in [-0.2, -0.15) is 5.26 Å². The fraction of sp³-hybridized carbons (Fsp3) is 0. The molecule has 0 aliphatic carbocycles. The van der Waals surface area contributed by atoms with Crippen LogP contribution in [0.1, 0.15) is 5.56 Å². The monoisotopic (exact) mass is 274 g/mol. The minimum absolute atomic E-state index is 0.266. The molecule has 0 aliphatic heterocycles. The molecule has 0 amide bonds. The van der Waals surface area contributed by atoms with E-state index in [1.807, 2.05) is 30.3 Å². The number of rotatable bonds is 2. The first-order valence-corrected chi connectivity index (χ1v) is 6.49. The standard InChI is InChI=1S/C18H11FN2/c19-16-8-6-13(7-9-16)14-4-5-15(12-20)17(11-14)18-3-1-2-10-21-18/h1-11H. The van der Waals surface area contributed by atoms with Crippen LogP contribution in [0.3, 0.4) is 0 Å². The molecule has 21 heavy (non-hydrogen) atoms. The molecular weight excluding hydrogens is 263 g/mol. The summed E-state index contributed by atoms with van der Waals surface area (Å²) in [5.41, 5.74) is 3.92. The number of halogens is 1. The molecule has 0 radical (unpaired) electrons. The van der Waals surface area contributed by atoms with Crippen LogP contribution in [0.5, 0.6) is 0 Å². The van der Waals surface area contributed by atoms with Crippen LogP contribution in [0.2, 0.25) is 0 Å². The zero-order chi connectivity index (χ0) is 14.7. The molecule has 3 aromatic rings. The van der Waals surface area contributed by atoms with Gasteiger partial charge in [0.15, 0.2) is 0 Å². The molecule has 0 fully saturated rings. The van der Waals surface area contributed by atoms with E-state index < -0.39 is 0 Å². The zero-order valence-corrected chi connectivity index (χ0v) is 11.1. The highest BCUT2D eigenvalue weighted by Gasteiger charge is 2.08. The minimum atomic E-state index is -0.266. The van der Waals surface area contributed by atoms with Crippen molar-refractivity contribution in [2.75, 3.05) is 0 Å². The number of aromatic nitrogens is 1. The Kier molecular flexibility index (Phi) is 3.44. The van der Waals surface area contributed by atoms with Crippen molar-refractivity contribution in [3.8, 4) is 28.5 Å². The molecule has 0 spiro atoms. The van der Waals surface area contributed by atoms with Crippen LogP contribution >= 0.6 is 0 Å². The first-order chi connectivity index (χ1) is 10.3. The third-order valence-corrected chi connectivity index (χ3v) is 3.26. The van der Waals surface area contributed by atoms with E-state index in [0.717, 1.165) is 22.4 Å². The second-order valence-electron chi connectivity index (χ2n) is 4.59. The molecule has 1 aromatic heterocycles. The highest BCUT2D eigenvalue weighted by atomic mass is 19.1. The van der Waals surface area contributed by atoms with Crippen molar-refractivity contribution >= 4 is 0 Å². The van der Waals surface area contributed by atoms with Crippen LogP contribution in [0.25, 0.3) is 22.4 Å². The fourth-order valence-electron chi connectivity index (χ4n) is 2.20. The van der Waals surface area contributed by atoms with Gasteiger partial charge in [0.2, 0.25) is 0 Å². The van der Waals surface area contributed by atoms with E-state index in [1.165, 1.54) is 12.1 Å². The molecule has 0 N–H and O–H groups in total. The van der Waals surface area contributed by atoms with Crippen LogP contribution in [0.4, 0.5) is 4.39 Å². The van der Waals surface area contributed by atoms with Crippen molar-refractivity contribution in [1.29, 1.82) is 5.26 Å². The summed E-state index contributed by atoms with van der Waals surface area (Å²) >= 11 is 0. The van der Waals surface area contributed by atoms with E-state index >= 15 is 0 Å². The van der Waals surface area contributed by atoms with E-state index in [2.05, 4.69) is 11.1 Å². The molecule has 2 aromatic carbocycles. The van der Waals surface area contributed by atoms with Gasteiger partial charge in [0.1, 0.15) is 5.82 Å². The SMILES string of the molecule is N#Cc1ccc(-c2ccc(F)cc2)cc1-c1ccccn1. The Morgan fingerprint density at radius 1 is 0.905 bits per heavy atom. The van der Waals surface area contributed by atoms with E-state index in [9.17, 15) is 9.65 Å². The number of hydrogen-bond donors (Lipinski definition) is 0. The number of pyridine rings is 1. The quantitative estimate of drug-likeness (QED) is 0.693. The fourth-order valence-corrected chi connectivity index (χ4v) is 2.20. The van der Waals surface area contributed by atoms with Crippen molar-refractivity contribution in [2.45, 2.75) is 0 Å². The molecule has 0 saturated carbocycles. The predicted molar refractivity (Wildman–Crippen MR) is 79.8 cm³/mol. The van der Waals surface area contributed by atoms with Crippen LogP contribution in [-0.4, -0.2) is 4.98 Å². The molecule has 1 heterocycles. The number of hydrogen-bond acceptors (Lipinski definition) is 2. The van der Waals surface area contributed by atoms with Crippen molar-refractivity contribution < 1.29 is 4.39 Å². The minimum Gasteiger partial charge on any atom is -0.256 e. The van der Waals surface area contributed by atoms with E-state index in [0.29, 0.717) is 5.56 Å². The Bertz CT molecular complexity index is 803. The van der Waals surface area contributed by atoms with Gasteiger partial charge in [-0.3, -0.25) is 4.98 Å². The summed E-state index contributed by atoms with van der Waals surface area (Å²) in [5.74, 6) is -0.266. The van der Waals surface area contributed by atoms with Gasteiger partial charge < -0.3 is 0 Å². The Morgan fingerprint density at radius 3 is 2.33 bits per heavy atom. The lowest BCUT2D eigenvalue weighted by Gasteiger charge is -2.07. The summed E-state index contributed by atoms with van der Waals surface area (Å²) in [6.07, 6.45) is 1.70. The normalized spacial score (nSPS) is 10.1. The third kappa shape index (κ3) is 2.65. The first kappa shape index (κ1) is 13.0. The van der Waals surface area contributed by atoms with Gasteiger partial charge in [0, 0.05) is 11.8 Å². The second-order valence-corrected chi connectivity index (χ2v) is 4.59. The van der Waals surface area contributed by atoms with Gasteiger partial charge in [-0.25, -0.2) is 4.39 Å². The molecule has 3 heteroatoms. The molecule has 0 bridgehead atoms. The molecule has 2 nitrogen and oxygen atoms in total. The van der Waals surface area contributed by atoms with Gasteiger partial charge in [0.25, 0.3) is 0 Å². The average molecular weight is 274 g/mol. The molecule has 0 aliphatic rings. The van der Waals surface area contributed by atoms with Gasteiger partial charge in [-0.1, -0.05) is 24.3 Å². The van der Waals surface area contributed by atoms with Gasteiger partial charge in [-0.15, -0.1) is 0 Å². The summed E-state index contributed by atoms with van der Waals surface area (Å²) in [7, 11) is 0. The maximum Gasteiger partial charge on any atom is 0.123 e. The maximum atomic E-state index is 13.0. The lowest BCUT2D eigenvalue weighted by atomic mass is 9.97. The zero-order valence-electron chi connectivity index (χ0n) is 11.1. The number of benzene rings is 2. The summed E-state index contributed by atoms with van der Waals surface area (Å²) in [5, 5.41) is 9.25. The predicted octanol–water partition coefficient (Wildman–Crippen LogP) is 4.43. The van der Waals surface area contributed by atoms with E-state index in [1.54, 1.807) is 24.4 Å². The third-order valence-electron chi connectivity index (χ3n) is 3.26. The molecule has 0 unspecified atom stereocenters. The van der Waals surface area contributed by atoms with E-state index in [4.69, 9.17) is 0 Å². The van der Waals surface area contributed by atoms with Crippen molar-refractivity contribution in [1.82, 2.24) is 4.98 Å². The Labute approximate surface area is 122 Å². The van der Waals surface area contributed by atoms with Gasteiger partial charge in [0.05, 0.1) is 17.3 Å². The Balaban J connectivity index is 2.14. The van der Waals surface area contributed by atoms with Crippen LogP contribution in [0, 0.1) is 17.1 Å². The molecule has 100 valence electrons. The highest BCUT2D eigenvalue weighted by Crippen LogP contribution is 2.28. The van der Waals surface area contributed by atoms with Crippen molar-refractivity contribution in [3.63, 3.8) is 0 Å². The lowest BCUT2D eigenvalue weighted by molar-refractivity contribution is 0.628. The van der Waals surface area contributed by atoms with Crippen LogP contribution < -0.4 is 0 Å². The number of nitriles is 1. The van der Waals surface area contributed by atoms with Gasteiger partial charge >= 0.3 is 0 Å². The lowest BCUT2D eigenvalue weighted by Crippen LogP contribution is -1.89. The smallest absolute Gasteiger partial charge is 0.123 e. The summed E-state index contributed by atoms with van der Waals surface area (Å²) in [6.45, 7) is 0. The molecule has 0 atom stereocenters. The van der Waals surface area contributed by atoms with Crippen molar-refractivity contribution in [2.24, 2.45) is 0 Å². The average Bonchev–Trinajstić information content (AvgIpc) is 2.56. The first-order valence-electron chi connectivity index (χ1n) is 6.49. The number of nitrogens with zero attached hydrogens (tertiary/aromatic N) is 2. The molecule has 0 saturated heterocycles. The largest absolute Gasteiger partial charge is 0.256 e. The van der Waals surface area contributed by atoms with Crippen LogP contribution in [-0.2, 0) is 0 Å². The van der Waals surface area contributed by atoms with Crippen LogP contribution in [0.15, 0.2) is 66.9 Å². The topological polar surface area (TPSA) is 36.7 Å². The highest BCUT2D eigenvalue weighted by molar-refractivity contribution is 5.75. The Morgan fingerprint density at radius 2 is 1.67 bits per heavy atom. The van der Waals surface area contributed by atoms with Gasteiger partial charge in [-0.05, 0) is 47.5 Å². The molecule has 3 rings (SSSR count).